The van der Waals surface area contributed by atoms with Crippen LogP contribution in [0, 0.1) is 11.3 Å². The molecule has 18 heavy (non-hydrogen) atoms. The van der Waals surface area contributed by atoms with Crippen LogP contribution < -0.4 is 0 Å². The van der Waals surface area contributed by atoms with Gasteiger partial charge in [-0.1, -0.05) is 46.6 Å². The molecule has 6 heteroatoms. The van der Waals surface area contributed by atoms with Crippen LogP contribution in [0.5, 0.6) is 0 Å². The number of nitriles is 1. The zero-order valence-corrected chi connectivity index (χ0v) is 11.9. The van der Waals surface area contributed by atoms with Crippen LogP contribution >= 0.6 is 46.6 Å². The molecule has 2 rings (SSSR count). The molecule has 0 fully saturated rings. The van der Waals surface area contributed by atoms with E-state index in [-0.39, 0.29) is 0 Å². The highest BCUT2D eigenvalue weighted by molar-refractivity contribution is 7.99. The molecular formula is C12H5Cl3N2S. The van der Waals surface area contributed by atoms with E-state index in [4.69, 9.17) is 40.1 Å². The van der Waals surface area contributed by atoms with Crippen LogP contribution in [0.2, 0.25) is 15.1 Å². The Morgan fingerprint density at radius 2 is 1.89 bits per heavy atom. The minimum Gasteiger partial charge on any atom is -0.248 e. The lowest BCUT2D eigenvalue weighted by Crippen LogP contribution is -1.85. The molecule has 0 atom stereocenters. The molecule has 0 aliphatic rings. The van der Waals surface area contributed by atoms with Crippen LogP contribution in [0.3, 0.4) is 0 Å². The van der Waals surface area contributed by atoms with E-state index in [0.29, 0.717) is 25.7 Å². The fourth-order valence-corrected chi connectivity index (χ4v) is 2.72. The number of rotatable bonds is 2. The second-order valence-electron chi connectivity index (χ2n) is 3.27. The molecule has 0 N–H and O–H groups in total. The van der Waals surface area contributed by atoms with Gasteiger partial charge in [0.1, 0.15) is 11.1 Å². The predicted octanol–water partition coefficient (Wildman–Crippen LogP) is 5.06. The van der Waals surface area contributed by atoms with E-state index in [1.54, 1.807) is 24.4 Å². The van der Waals surface area contributed by atoms with Gasteiger partial charge in [-0.25, -0.2) is 4.98 Å². The summed E-state index contributed by atoms with van der Waals surface area (Å²) in [7, 11) is 0. The molecule has 0 unspecified atom stereocenters. The third-order valence-electron chi connectivity index (χ3n) is 2.08. The van der Waals surface area contributed by atoms with Crippen molar-refractivity contribution in [3.63, 3.8) is 0 Å². The van der Waals surface area contributed by atoms with Gasteiger partial charge >= 0.3 is 0 Å². The quantitative estimate of drug-likeness (QED) is 0.776. The maximum absolute atomic E-state index is 8.88. The smallest absolute Gasteiger partial charge is 0.121 e. The molecule has 0 radical (unpaired) electrons. The number of benzene rings is 1. The second kappa shape index (κ2) is 5.81. The standard InChI is InChI=1S/C12H5Cl3N2S/c13-9-2-1-8(5-10(9)14)18-12-11(15)7(6-16)3-4-17-12/h1-5H. The van der Waals surface area contributed by atoms with E-state index in [1.165, 1.54) is 11.8 Å². The largest absolute Gasteiger partial charge is 0.248 e. The summed E-state index contributed by atoms with van der Waals surface area (Å²) in [5.41, 5.74) is 0.397. The summed E-state index contributed by atoms with van der Waals surface area (Å²) in [5, 5.41) is 10.7. The van der Waals surface area contributed by atoms with Gasteiger partial charge in [-0.15, -0.1) is 0 Å². The lowest BCUT2D eigenvalue weighted by Gasteiger charge is -2.05. The Balaban J connectivity index is 2.35. The molecule has 0 saturated carbocycles. The van der Waals surface area contributed by atoms with Crippen LogP contribution in [0.1, 0.15) is 5.56 Å². The molecule has 0 spiro atoms. The maximum Gasteiger partial charge on any atom is 0.121 e. The Labute approximate surface area is 123 Å². The lowest BCUT2D eigenvalue weighted by atomic mass is 10.3. The molecule has 0 aliphatic heterocycles. The first kappa shape index (κ1) is 13.5. The van der Waals surface area contributed by atoms with Crippen molar-refractivity contribution in [2.24, 2.45) is 0 Å². The number of aromatic nitrogens is 1. The number of halogens is 3. The Kier molecular flexibility index (Phi) is 4.36. The molecular weight excluding hydrogens is 311 g/mol. The van der Waals surface area contributed by atoms with E-state index in [9.17, 15) is 0 Å². The Morgan fingerprint density at radius 3 is 2.56 bits per heavy atom. The zero-order chi connectivity index (χ0) is 13.1. The van der Waals surface area contributed by atoms with Gasteiger partial charge in [0, 0.05) is 11.1 Å². The molecule has 1 aromatic carbocycles. The van der Waals surface area contributed by atoms with Crippen LogP contribution in [0.4, 0.5) is 0 Å². The van der Waals surface area contributed by atoms with Crippen molar-refractivity contribution in [1.29, 1.82) is 5.26 Å². The molecule has 90 valence electrons. The van der Waals surface area contributed by atoms with E-state index in [0.717, 1.165) is 4.90 Å². The van der Waals surface area contributed by atoms with Crippen LogP contribution in [0.25, 0.3) is 0 Å². The normalized spacial score (nSPS) is 10.1. The minimum atomic E-state index is 0.344. The van der Waals surface area contributed by atoms with Crippen molar-refractivity contribution in [2.45, 2.75) is 9.92 Å². The highest BCUT2D eigenvalue weighted by Gasteiger charge is 2.09. The molecule has 0 aliphatic carbocycles. The third-order valence-corrected chi connectivity index (χ3v) is 4.31. The highest BCUT2D eigenvalue weighted by Crippen LogP contribution is 2.35. The fraction of sp³-hybridized carbons (Fsp3) is 0. The van der Waals surface area contributed by atoms with Gasteiger partial charge in [-0.2, -0.15) is 5.26 Å². The van der Waals surface area contributed by atoms with E-state index < -0.39 is 0 Å². The monoisotopic (exact) mass is 314 g/mol. The average molecular weight is 316 g/mol. The Bertz CT molecular complexity index is 638. The van der Waals surface area contributed by atoms with E-state index in [2.05, 4.69) is 4.98 Å². The van der Waals surface area contributed by atoms with Crippen molar-refractivity contribution < 1.29 is 0 Å². The summed E-state index contributed by atoms with van der Waals surface area (Å²) in [6.07, 6.45) is 1.55. The number of hydrogen-bond acceptors (Lipinski definition) is 3. The highest BCUT2D eigenvalue weighted by atomic mass is 35.5. The summed E-state index contributed by atoms with van der Waals surface area (Å²) >= 11 is 19.2. The molecule has 1 aromatic heterocycles. The van der Waals surface area contributed by atoms with Gasteiger partial charge in [-0.3, -0.25) is 0 Å². The van der Waals surface area contributed by atoms with Gasteiger partial charge in [0.25, 0.3) is 0 Å². The van der Waals surface area contributed by atoms with Gasteiger partial charge < -0.3 is 0 Å². The van der Waals surface area contributed by atoms with Crippen molar-refractivity contribution in [3.8, 4) is 6.07 Å². The first-order chi connectivity index (χ1) is 8.61. The van der Waals surface area contributed by atoms with Crippen molar-refractivity contribution in [2.75, 3.05) is 0 Å². The van der Waals surface area contributed by atoms with Crippen LogP contribution in [-0.4, -0.2) is 4.98 Å². The average Bonchev–Trinajstić information content (AvgIpc) is 2.36. The summed E-state index contributed by atoms with van der Waals surface area (Å²) in [5.74, 6) is 0. The van der Waals surface area contributed by atoms with Crippen LogP contribution in [0.15, 0.2) is 40.4 Å². The molecule has 0 amide bonds. The van der Waals surface area contributed by atoms with Crippen molar-refractivity contribution in [3.05, 3.63) is 51.1 Å². The van der Waals surface area contributed by atoms with Gasteiger partial charge in [0.15, 0.2) is 0 Å². The van der Waals surface area contributed by atoms with E-state index >= 15 is 0 Å². The summed E-state index contributed by atoms with van der Waals surface area (Å²) in [4.78, 5) is 4.99. The van der Waals surface area contributed by atoms with Crippen LogP contribution in [-0.2, 0) is 0 Å². The molecule has 2 aromatic rings. The molecule has 0 bridgehead atoms. The Morgan fingerprint density at radius 1 is 1.11 bits per heavy atom. The number of nitrogens with zero attached hydrogens (tertiary/aromatic N) is 2. The van der Waals surface area contributed by atoms with Crippen molar-refractivity contribution in [1.82, 2.24) is 4.98 Å². The molecule has 2 nitrogen and oxygen atoms in total. The molecule has 0 saturated heterocycles. The summed E-state index contributed by atoms with van der Waals surface area (Å²) in [6, 6.07) is 8.83. The minimum absolute atomic E-state index is 0.344. The molecule has 1 heterocycles. The van der Waals surface area contributed by atoms with Crippen molar-refractivity contribution >= 4 is 46.6 Å². The Hall–Kier alpha value is -0.920. The summed E-state index contributed by atoms with van der Waals surface area (Å²) in [6.45, 7) is 0. The lowest BCUT2D eigenvalue weighted by molar-refractivity contribution is 1.12. The topological polar surface area (TPSA) is 36.7 Å². The fourth-order valence-electron chi connectivity index (χ4n) is 1.23. The van der Waals surface area contributed by atoms with Gasteiger partial charge in [0.05, 0.1) is 20.6 Å². The third kappa shape index (κ3) is 2.90. The van der Waals surface area contributed by atoms with Gasteiger partial charge in [-0.05, 0) is 24.3 Å². The maximum atomic E-state index is 8.88. The van der Waals surface area contributed by atoms with E-state index in [1.807, 2.05) is 12.1 Å². The number of hydrogen-bond donors (Lipinski definition) is 0. The first-order valence-corrected chi connectivity index (χ1v) is 6.74. The van der Waals surface area contributed by atoms with Gasteiger partial charge in [0.2, 0.25) is 0 Å². The summed E-state index contributed by atoms with van der Waals surface area (Å²) < 4.78 is 0. The zero-order valence-electron chi connectivity index (χ0n) is 8.82. The predicted molar refractivity (Wildman–Crippen MR) is 74.5 cm³/mol. The first-order valence-electron chi connectivity index (χ1n) is 4.79. The number of pyridine rings is 1. The second-order valence-corrected chi connectivity index (χ2v) is 5.52. The SMILES string of the molecule is N#Cc1ccnc(Sc2ccc(Cl)c(Cl)c2)c1Cl.